The summed E-state index contributed by atoms with van der Waals surface area (Å²) in [5.41, 5.74) is 4.12. The van der Waals surface area contributed by atoms with Crippen molar-refractivity contribution >= 4 is 37.9 Å². The number of carbonyl (C=O) groups excluding carboxylic acids is 1. The summed E-state index contributed by atoms with van der Waals surface area (Å²) < 4.78 is 47.2. The zero-order chi connectivity index (χ0) is 31.9. The Labute approximate surface area is 262 Å². The fraction of sp³-hybridized carbons (Fsp3) is 0.406. The molecule has 1 aliphatic heterocycles. The van der Waals surface area contributed by atoms with Crippen molar-refractivity contribution in [1.82, 2.24) is 10.6 Å². The highest BCUT2D eigenvalue weighted by Gasteiger charge is 2.28. The first-order valence-electron chi connectivity index (χ1n) is 14.8. The van der Waals surface area contributed by atoms with Gasteiger partial charge in [0.05, 0.1) is 28.5 Å². The summed E-state index contributed by atoms with van der Waals surface area (Å²) in [5.74, 6) is -0.105. The molecule has 0 radical (unpaired) electrons. The minimum atomic E-state index is -3.36. The molecular weight excluding hydrogens is 601 g/mol. The largest absolute Gasteiger partial charge is 0.390 e. The Hall–Kier alpha value is -3.13. The first-order valence-corrected chi connectivity index (χ1v) is 18.4. The Morgan fingerprint density at radius 2 is 1.77 bits per heavy atom. The van der Waals surface area contributed by atoms with E-state index in [0.717, 1.165) is 29.5 Å². The molecule has 0 aliphatic carbocycles. The number of benzene rings is 3. The fourth-order valence-corrected chi connectivity index (χ4v) is 7.79. The maximum absolute atomic E-state index is 13.7. The fourth-order valence-electron chi connectivity index (χ4n) is 5.35. The van der Waals surface area contributed by atoms with Gasteiger partial charge in [-0.2, -0.15) is 0 Å². The smallest absolute Gasteiger partial charge is 0.251 e. The monoisotopic (exact) mass is 644 g/mol. The molecule has 10 nitrogen and oxygen atoms in total. The Kier molecular flexibility index (Phi) is 11.3. The predicted octanol–water partition coefficient (Wildman–Crippen LogP) is 4.59. The number of sulfone groups is 1. The molecule has 0 bridgehead atoms. The van der Waals surface area contributed by atoms with Gasteiger partial charge < -0.3 is 21.1 Å². The standard InChI is InChI=1S/C32H44N4O6S2/c1-4-34-27-18-26(19-28(20-27)36-12-8-9-13-44(36,41)42)32(38)35-30(17-24-10-6-5-7-11-24)31(37)22-33-21-25-14-23(2)15-29(16-25)43(3,39)40/h5-7,10-11,14-16,18-20,30-31,33-34,37,41-42H,4,8-9,12-13,17,21-22H2,1-3H3,(H,35,38). The van der Waals surface area contributed by atoms with E-state index in [2.05, 4.69) is 16.0 Å². The molecule has 12 heteroatoms. The van der Waals surface area contributed by atoms with Crippen molar-refractivity contribution in [3.63, 3.8) is 0 Å². The van der Waals surface area contributed by atoms with Crippen LogP contribution in [0.3, 0.4) is 0 Å². The second-order valence-electron chi connectivity index (χ2n) is 11.3. The van der Waals surface area contributed by atoms with E-state index in [9.17, 15) is 27.4 Å². The summed E-state index contributed by atoms with van der Waals surface area (Å²) in [6.45, 7) is 5.36. The SMILES string of the molecule is CCNc1cc(C(=O)NC(Cc2ccccc2)C(O)CNCc2cc(C)cc(S(C)(=O)=O)c2)cc(N2CCCCS2(O)O)c1. The third-order valence-electron chi connectivity index (χ3n) is 7.53. The lowest BCUT2D eigenvalue weighted by Gasteiger charge is -2.47. The molecule has 44 heavy (non-hydrogen) atoms. The van der Waals surface area contributed by atoms with Crippen LogP contribution in [0, 0.1) is 6.92 Å². The summed E-state index contributed by atoms with van der Waals surface area (Å²) >= 11 is 0. The third-order valence-corrected chi connectivity index (χ3v) is 10.6. The molecule has 1 fully saturated rings. The summed E-state index contributed by atoms with van der Waals surface area (Å²) in [4.78, 5) is 13.9. The molecule has 0 saturated carbocycles. The minimum absolute atomic E-state index is 0.150. The van der Waals surface area contributed by atoms with Crippen LogP contribution >= 0.6 is 10.8 Å². The number of nitrogens with zero attached hydrogens (tertiary/aromatic N) is 1. The number of hydrogen-bond acceptors (Lipinski definition) is 9. The molecule has 1 amide bonds. The van der Waals surface area contributed by atoms with Crippen molar-refractivity contribution < 1.29 is 27.4 Å². The van der Waals surface area contributed by atoms with Crippen molar-refractivity contribution in [2.45, 2.75) is 56.7 Å². The molecule has 2 atom stereocenters. The molecule has 6 N–H and O–H groups in total. The third kappa shape index (κ3) is 9.19. The maximum atomic E-state index is 13.7. The summed E-state index contributed by atoms with van der Waals surface area (Å²) in [6, 6.07) is 19.3. The highest BCUT2D eigenvalue weighted by atomic mass is 32.3. The zero-order valence-electron chi connectivity index (χ0n) is 25.5. The van der Waals surface area contributed by atoms with E-state index in [1.807, 2.05) is 56.3 Å². The van der Waals surface area contributed by atoms with E-state index < -0.39 is 38.7 Å². The van der Waals surface area contributed by atoms with Gasteiger partial charge in [-0.3, -0.25) is 18.2 Å². The number of aliphatic hydroxyl groups is 1. The van der Waals surface area contributed by atoms with E-state index >= 15 is 0 Å². The van der Waals surface area contributed by atoms with Gasteiger partial charge in [-0.05, 0) is 80.1 Å². The van der Waals surface area contributed by atoms with E-state index in [1.165, 1.54) is 6.26 Å². The van der Waals surface area contributed by atoms with Gasteiger partial charge in [-0.25, -0.2) is 8.42 Å². The minimum Gasteiger partial charge on any atom is -0.390 e. The van der Waals surface area contributed by atoms with Gasteiger partial charge in [-0.15, -0.1) is 10.8 Å². The normalized spacial score (nSPS) is 17.0. The van der Waals surface area contributed by atoms with Crippen molar-refractivity contribution in [2.24, 2.45) is 0 Å². The zero-order valence-corrected chi connectivity index (χ0v) is 27.1. The van der Waals surface area contributed by atoms with E-state index in [4.69, 9.17) is 0 Å². The number of aliphatic hydroxyl groups excluding tert-OH is 1. The Morgan fingerprint density at radius 3 is 2.45 bits per heavy atom. The van der Waals surface area contributed by atoms with E-state index in [1.54, 1.807) is 28.6 Å². The number of amides is 1. The number of rotatable bonds is 13. The van der Waals surface area contributed by atoms with Crippen LogP contribution in [-0.2, 0) is 22.8 Å². The predicted molar refractivity (Wildman–Crippen MR) is 178 cm³/mol. The van der Waals surface area contributed by atoms with Gasteiger partial charge in [0.2, 0.25) is 0 Å². The van der Waals surface area contributed by atoms with Gasteiger partial charge in [0.25, 0.3) is 5.91 Å². The number of aryl methyl sites for hydroxylation is 1. The van der Waals surface area contributed by atoms with Gasteiger partial charge in [0, 0.05) is 43.7 Å². The molecule has 0 aromatic heterocycles. The molecule has 240 valence electrons. The maximum Gasteiger partial charge on any atom is 0.251 e. The van der Waals surface area contributed by atoms with Crippen molar-refractivity contribution in [2.75, 3.05) is 41.3 Å². The second kappa shape index (κ2) is 14.8. The lowest BCUT2D eigenvalue weighted by atomic mass is 10.00. The lowest BCUT2D eigenvalue weighted by molar-refractivity contribution is 0.0830. The molecule has 3 aromatic carbocycles. The average molecular weight is 645 g/mol. The number of hydrogen-bond donors (Lipinski definition) is 6. The van der Waals surface area contributed by atoms with Crippen LogP contribution in [-0.4, -0.2) is 72.3 Å². The van der Waals surface area contributed by atoms with Crippen molar-refractivity contribution in [3.8, 4) is 0 Å². The van der Waals surface area contributed by atoms with Crippen LogP contribution in [0.5, 0.6) is 0 Å². The number of anilines is 2. The van der Waals surface area contributed by atoms with Crippen LogP contribution in [0.15, 0.2) is 71.6 Å². The van der Waals surface area contributed by atoms with Gasteiger partial charge in [0.1, 0.15) is 0 Å². The molecule has 1 aliphatic rings. The summed E-state index contributed by atoms with van der Waals surface area (Å²) in [7, 11) is -6.34. The Morgan fingerprint density at radius 1 is 1.02 bits per heavy atom. The summed E-state index contributed by atoms with van der Waals surface area (Å²) in [5, 5.41) is 20.7. The van der Waals surface area contributed by atoms with Gasteiger partial charge >= 0.3 is 0 Å². The quantitative estimate of drug-likeness (QED) is 0.157. The number of nitrogens with one attached hydrogen (secondary N) is 3. The topological polar surface area (TPSA) is 151 Å². The molecule has 3 aromatic rings. The van der Waals surface area contributed by atoms with Crippen molar-refractivity contribution in [3.05, 3.63) is 89.0 Å². The molecule has 0 spiro atoms. The highest BCUT2D eigenvalue weighted by molar-refractivity contribution is 8.25. The van der Waals surface area contributed by atoms with Crippen LogP contribution < -0.4 is 20.3 Å². The first kappa shape index (κ1) is 33.8. The Balaban J connectivity index is 1.53. The van der Waals surface area contributed by atoms with Crippen LogP contribution in [0.2, 0.25) is 0 Å². The summed E-state index contributed by atoms with van der Waals surface area (Å²) in [6.07, 6.45) is 2.14. The van der Waals surface area contributed by atoms with Crippen LogP contribution in [0.4, 0.5) is 11.4 Å². The van der Waals surface area contributed by atoms with Gasteiger partial charge in [0.15, 0.2) is 9.84 Å². The first-order chi connectivity index (χ1) is 20.9. The van der Waals surface area contributed by atoms with Gasteiger partial charge in [-0.1, -0.05) is 36.4 Å². The lowest BCUT2D eigenvalue weighted by Crippen LogP contribution is -2.48. The number of carbonyl (C=O) groups is 1. The average Bonchev–Trinajstić information content (AvgIpc) is 2.96. The second-order valence-corrected chi connectivity index (χ2v) is 15.5. The molecule has 1 saturated heterocycles. The molecule has 4 rings (SSSR count). The van der Waals surface area contributed by atoms with Crippen LogP contribution in [0.1, 0.15) is 46.8 Å². The highest BCUT2D eigenvalue weighted by Crippen LogP contribution is 2.50. The van der Waals surface area contributed by atoms with E-state index in [-0.39, 0.29) is 17.2 Å². The molecule has 2 unspecified atom stereocenters. The van der Waals surface area contributed by atoms with E-state index in [0.29, 0.717) is 43.0 Å². The van der Waals surface area contributed by atoms with Crippen molar-refractivity contribution in [1.29, 1.82) is 0 Å². The van der Waals surface area contributed by atoms with Crippen LogP contribution in [0.25, 0.3) is 0 Å². The Bertz CT molecular complexity index is 1530. The molecule has 1 heterocycles. The molecular formula is C32H44N4O6S2.